The van der Waals surface area contributed by atoms with Crippen molar-refractivity contribution in [1.29, 1.82) is 0 Å². The maximum absolute atomic E-state index is 16.8. The van der Waals surface area contributed by atoms with E-state index in [1.807, 2.05) is 20.9 Å². The third-order valence-electron chi connectivity index (χ3n) is 8.10. The summed E-state index contributed by atoms with van der Waals surface area (Å²) in [5, 5.41) is 0. The number of alkyl halides is 3. The van der Waals surface area contributed by atoms with Crippen LogP contribution >= 0.6 is 0 Å². The first-order chi connectivity index (χ1) is 20.7. The molecule has 44 heavy (non-hydrogen) atoms. The molecule has 2 atom stereocenters. The molecule has 15 heteroatoms. The second-order valence-electron chi connectivity index (χ2n) is 11.0. The second kappa shape index (κ2) is 11.6. The van der Waals surface area contributed by atoms with Crippen LogP contribution < -0.4 is 21.1 Å². The van der Waals surface area contributed by atoms with Crippen LogP contribution in [0.5, 0.6) is 0 Å². The van der Waals surface area contributed by atoms with Crippen LogP contribution in [0.25, 0.3) is 11.3 Å². The lowest BCUT2D eigenvalue weighted by molar-refractivity contribution is -0.138. The van der Waals surface area contributed by atoms with Gasteiger partial charge in [0.15, 0.2) is 11.6 Å². The van der Waals surface area contributed by atoms with Gasteiger partial charge in [-0.2, -0.15) is 13.2 Å². The fourth-order valence-electron chi connectivity index (χ4n) is 5.67. The van der Waals surface area contributed by atoms with Crippen LogP contribution in [-0.2, 0) is 6.18 Å². The van der Waals surface area contributed by atoms with Gasteiger partial charge in [-0.3, -0.25) is 19.1 Å². The van der Waals surface area contributed by atoms with E-state index in [9.17, 15) is 27.2 Å². The van der Waals surface area contributed by atoms with E-state index in [1.165, 1.54) is 0 Å². The molecule has 2 aromatic heterocycles. The Morgan fingerprint density at radius 1 is 1.02 bits per heavy atom. The monoisotopic (exact) mass is 621 g/mol. The van der Waals surface area contributed by atoms with Crippen molar-refractivity contribution >= 4 is 23.1 Å². The minimum Gasteiger partial charge on any atom is -0.367 e. The van der Waals surface area contributed by atoms with Gasteiger partial charge in [-0.25, -0.2) is 23.1 Å². The maximum Gasteiger partial charge on any atom is 0.417 e. The highest BCUT2D eigenvalue weighted by Gasteiger charge is 2.37. The standard InChI is InChI=1S/C29H29F6N7O2/c1-15-11-41(12-16(2)39(15)3)22-8-21(31)24(17-5-4-6-40(13-17)28-37-9-18(30)10-38-28)25(32)26(22)42-14-19(27(36)44)20(7-23(42)43)29(33,34)35/h5,7-10,14-16H,4,6,11-13H2,1-3H3,(H2,36,44)/t15-,16+. The van der Waals surface area contributed by atoms with E-state index in [0.29, 0.717) is 23.7 Å². The van der Waals surface area contributed by atoms with Crippen molar-refractivity contribution < 1.29 is 31.1 Å². The Balaban J connectivity index is 1.72. The quantitative estimate of drug-likeness (QED) is 0.431. The fourth-order valence-corrected chi connectivity index (χ4v) is 5.67. The summed E-state index contributed by atoms with van der Waals surface area (Å²) in [4.78, 5) is 38.5. The van der Waals surface area contributed by atoms with E-state index in [4.69, 9.17) is 5.73 Å². The van der Waals surface area contributed by atoms with Crippen LogP contribution in [0, 0.1) is 17.5 Å². The number of anilines is 2. The number of piperazine rings is 1. The number of hydrogen-bond donors (Lipinski definition) is 1. The molecule has 0 saturated carbocycles. The molecule has 0 radical (unpaired) electrons. The minimum absolute atomic E-state index is 0.0806. The summed E-state index contributed by atoms with van der Waals surface area (Å²) < 4.78 is 87.9. The van der Waals surface area contributed by atoms with E-state index in [-0.39, 0.29) is 55.0 Å². The zero-order valence-corrected chi connectivity index (χ0v) is 24.0. The highest BCUT2D eigenvalue weighted by molar-refractivity contribution is 5.94. The maximum atomic E-state index is 16.8. The molecule has 3 aromatic rings. The molecule has 1 saturated heterocycles. The topological polar surface area (TPSA) is 101 Å². The first-order valence-electron chi connectivity index (χ1n) is 13.7. The lowest BCUT2D eigenvalue weighted by Gasteiger charge is -2.44. The van der Waals surface area contributed by atoms with E-state index in [0.717, 1.165) is 18.5 Å². The Hall–Kier alpha value is -4.40. The first kappa shape index (κ1) is 31.0. The van der Waals surface area contributed by atoms with Gasteiger partial charge in [-0.1, -0.05) is 6.08 Å². The number of primary amides is 1. The van der Waals surface area contributed by atoms with Crippen LogP contribution in [0.1, 0.15) is 41.8 Å². The summed E-state index contributed by atoms with van der Waals surface area (Å²) in [6.07, 6.45) is -0.729. The summed E-state index contributed by atoms with van der Waals surface area (Å²) in [6.45, 7) is 4.64. The van der Waals surface area contributed by atoms with Crippen molar-refractivity contribution in [3.05, 3.63) is 81.3 Å². The van der Waals surface area contributed by atoms with Gasteiger partial charge in [0.2, 0.25) is 5.95 Å². The molecule has 2 aliphatic rings. The molecule has 0 bridgehead atoms. The highest BCUT2D eigenvalue weighted by Crippen LogP contribution is 2.38. The van der Waals surface area contributed by atoms with Crippen LogP contribution in [0.3, 0.4) is 0 Å². The number of amides is 1. The molecule has 1 fully saturated rings. The smallest absolute Gasteiger partial charge is 0.367 e. The second-order valence-corrected chi connectivity index (χ2v) is 11.0. The molecular weight excluding hydrogens is 592 g/mol. The lowest BCUT2D eigenvalue weighted by Crippen LogP contribution is -2.55. The molecule has 9 nitrogen and oxygen atoms in total. The van der Waals surface area contributed by atoms with Crippen LogP contribution in [0.15, 0.2) is 41.6 Å². The molecule has 1 amide bonds. The molecule has 0 unspecified atom stereocenters. The van der Waals surface area contributed by atoms with Gasteiger partial charge in [-0.05, 0) is 32.9 Å². The average molecular weight is 622 g/mol. The van der Waals surface area contributed by atoms with Crippen molar-refractivity contribution in [3.63, 3.8) is 0 Å². The fraction of sp³-hybridized carbons (Fsp3) is 0.379. The van der Waals surface area contributed by atoms with Gasteiger partial charge in [0.25, 0.3) is 11.5 Å². The van der Waals surface area contributed by atoms with Crippen LogP contribution in [-0.4, -0.2) is 70.7 Å². The molecule has 0 aliphatic carbocycles. The number of likely N-dealkylation sites (N-methyl/N-ethyl adjacent to an activating group) is 1. The number of carbonyl (C=O) groups excluding carboxylic acids is 1. The van der Waals surface area contributed by atoms with Gasteiger partial charge < -0.3 is 15.5 Å². The van der Waals surface area contributed by atoms with Crippen molar-refractivity contribution in [2.75, 3.05) is 43.0 Å². The molecule has 234 valence electrons. The van der Waals surface area contributed by atoms with Crippen molar-refractivity contribution in [2.45, 2.75) is 38.5 Å². The largest absolute Gasteiger partial charge is 0.417 e. The number of aromatic nitrogens is 3. The Kier molecular flexibility index (Phi) is 8.18. The van der Waals surface area contributed by atoms with E-state index >= 15 is 8.78 Å². The third-order valence-corrected chi connectivity index (χ3v) is 8.10. The first-order valence-corrected chi connectivity index (χ1v) is 13.7. The summed E-state index contributed by atoms with van der Waals surface area (Å²) in [5.41, 5.74) is 0.374. The minimum atomic E-state index is -5.10. The van der Waals surface area contributed by atoms with Crippen LogP contribution in [0.4, 0.5) is 38.0 Å². The average Bonchev–Trinajstić information content (AvgIpc) is 2.95. The summed E-state index contributed by atoms with van der Waals surface area (Å²) >= 11 is 0. The van der Waals surface area contributed by atoms with Crippen LogP contribution in [0.2, 0.25) is 0 Å². The molecular formula is C29H29F6N7O2. The molecule has 5 rings (SSSR count). The number of nitrogens with zero attached hydrogens (tertiary/aromatic N) is 6. The molecule has 2 aliphatic heterocycles. The lowest BCUT2D eigenvalue weighted by atomic mass is 9.97. The van der Waals surface area contributed by atoms with E-state index < -0.39 is 57.5 Å². The molecule has 1 aromatic carbocycles. The number of rotatable bonds is 5. The number of pyridine rings is 1. The zero-order valence-electron chi connectivity index (χ0n) is 24.0. The Morgan fingerprint density at radius 3 is 2.25 bits per heavy atom. The van der Waals surface area contributed by atoms with Crippen molar-refractivity contribution in [3.8, 4) is 5.69 Å². The van der Waals surface area contributed by atoms with Gasteiger partial charge in [0, 0.05) is 56.6 Å². The van der Waals surface area contributed by atoms with Crippen molar-refractivity contribution in [1.82, 2.24) is 19.4 Å². The zero-order chi connectivity index (χ0) is 32.1. The molecule has 0 spiro atoms. The normalized spacial score (nSPS) is 19.7. The summed E-state index contributed by atoms with van der Waals surface area (Å²) in [5.74, 6) is -4.21. The van der Waals surface area contributed by atoms with Gasteiger partial charge in [0.1, 0.15) is 11.5 Å². The van der Waals surface area contributed by atoms with E-state index in [2.05, 4.69) is 14.9 Å². The van der Waals surface area contributed by atoms with Gasteiger partial charge in [0.05, 0.1) is 34.8 Å². The Labute approximate surface area is 248 Å². The highest BCUT2D eigenvalue weighted by atomic mass is 19.4. The molecule has 2 N–H and O–H groups in total. The van der Waals surface area contributed by atoms with E-state index in [1.54, 1.807) is 15.9 Å². The number of hydrogen-bond acceptors (Lipinski definition) is 7. The predicted octanol–water partition coefficient (Wildman–Crippen LogP) is 3.99. The summed E-state index contributed by atoms with van der Waals surface area (Å²) in [7, 11) is 1.89. The Morgan fingerprint density at radius 2 is 1.66 bits per heavy atom. The van der Waals surface area contributed by atoms with Gasteiger partial charge >= 0.3 is 6.18 Å². The number of carbonyl (C=O) groups is 1. The number of benzene rings is 1. The van der Waals surface area contributed by atoms with Crippen molar-refractivity contribution in [2.24, 2.45) is 5.73 Å². The third kappa shape index (κ3) is 5.75. The Bertz CT molecular complexity index is 1680. The predicted molar refractivity (Wildman–Crippen MR) is 151 cm³/mol. The van der Waals surface area contributed by atoms with Gasteiger partial charge in [-0.15, -0.1) is 0 Å². The number of halogens is 6. The summed E-state index contributed by atoms with van der Waals surface area (Å²) in [6, 6.07) is 1.04. The molecule has 4 heterocycles. The SMILES string of the molecule is C[C@@H]1CN(c2cc(F)c(C3=CCCN(c4ncc(F)cn4)C3)c(F)c2-n2cc(C(N)=O)c(C(F)(F)F)cc2=O)C[C@H](C)N1C. The number of nitrogens with two attached hydrogens (primary N) is 1.